The van der Waals surface area contributed by atoms with Gasteiger partial charge in [-0.25, -0.2) is 0 Å². The first-order valence-corrected chi connectivity index (χ1v) is 14.0. The zero-order valence-corrected chi connectivity index (χ0v) is 23.1. The predicted octanol–water partition coefficient (Wildman–Crippen LogP) is 6.07. The molecule has 2 aliphatic rings. The summed E-state index contributed by atoms with van der Waals surface area (Å²) in [4.78, 5) is 16.8. The van der Waals surface area contributed by atoms with Crippen LogP contribution < -0.4 is 20.1 Å². The van der Waals surface area contributed by atoms with Crippen molar-refractivity contribution in [2.75, 3.05) is 34.0 Å². The average molecular weight is 530 g/mol. The number of aromatic amines is 1. The molecular formula is C32H39N3O4. The van der Waals surface area contributed by atoms with Crippen molar-refractivity contribution in [3.63, 3.8) is 0 Å². The molecule has 1 saturated heterocycles. The van der Waals surface area contributed by atoms with Gasteiger partial charge >= 0.3 is 0 Å². The second-order valence-corrected chi connectivity index (χ2v) is 10.4. The fraction of sp³-hybridized carbons (Fsp3) is 0.406. The predicted molar refractivity (Wildman–Crippen MR) is 156 cm³/mol. The maximum Gasteiger partial charge on any atom is 0.251 e. The molecule has 3 aromatic rings. The van der Waals surface area contributed by atoms with E-state index in [0.717, 1.165) is 78.1 Å². The quantitative estimate of drug-likeness (QED) is 0.278. The maximum absolute atomic E-state index is 13.1. The molecule has 206 valence electrons. The molecule has 0 spiro atoms. The first kappa shape index (κ1) is 26.9. The lowest BCUT2D eigenvalue weighted by Crippen LogP contribution is -2.24. The van der Waals surface area contributed by atoms with Crippen LogP contribution in [0, 0.1) is 5.92 Å². The van der Waals surface area contributed by atoms with Gasteiger partial charge in [0.25, 0.3) is 5.91 Å². The van der Waals surface area contributed by atoms with Gasteiger partial charge in [0, 0.05) is 41.8 Å². The number of nitrogens with one attached hydrogen (secondary N) is 3. The van der Waals surface area contributed by atoms with Crippen LogP contribution in [0.25, 0.3) is 27.6 Å². The van der Waals surface area contributed by atoms with Crippen molar-refractivity contribution in [2.24, 2.45) is 5.92 Å². The summed E-state index contributed by atoms with van der Waals surface area (Å²) in [6.07, 6.45) is 11.8. The van der Waals surface area contributed by atoms with E-state index in [1.54, 1.807) is 14.2 Å². The summed E-state index contributed by atoms with van der Waals surface area (Å²) < 4.78 is 16.5. The number of ether oxygens (including phenoxy) is 3. The highest BCUT2D eigenvalue weighted by Gasteiger charge is 2.23. The number of hydrogen-bond donors (Lipinski definition) is 3. The number of amides is 1. The largest absolute Gasteiger partial charge is 0.493 e. The average Bonchev–Trinajstić information content (AvgIpc) is 3.35. The van der Waals surface area contributed by atoms with Crippen LogP contribution in [-0.2, 0) is 4.74 Å². The van der Waals surface area contributed by atoms with Gasteiger partial charge in [-0.2, -0.15) is 0 Å². The highest BCUT2D eigenvalue weighted by molar-refractivity contribution is 6.06. The molecular weight excluding hydrogens is 490 g/mol. The smallest absolute Gasteiger partial charge is 0.251 e. The number of carbonyl (C=O) groups is 1. The first-order chi connectivity index (χ1) is 19.1. The molecule has 0 saturated carbocycles. The number of fused-ring (bicyclic) bond motifs is 1. The van der Waals surface area contributed by atoms with Crippen LogP contribution in [0.3, 0.4) is 0 Å². The Balaban J connectivity index is 1.41. The zero-order valence-electron chi connectivity index (χ0n) is 23.1. The van der Waals surface area contributed by atoms with Crippen LogP contribution in [0.1, 0.15) is 55.1 Å². The van der Waals surface area contributed by atoms with E-state index in [1.165, 1.54) is 6.42 Å². The number of rotatable bonds is 10. The molecule has 2 aromatic carbocycles. The van der Waals surface area contributed by atoms with Crippen LogP contribution in [0.5, 0.6) is 11.5 Å². The van der Waals surface area contributed by atoms with Gasteiger partial charge in [0.15, 0.2) is 11.5 Å². The Labute approximate surface area is 230 Å². The summed E-state index contributed by atoms with van der Waals surface area (Å²) in [5, 5.41) is 7.52. The topological polar surface area (TPSA) is 84.6 Å². The van der Waals surface area contributed by atoms with Gasteiger partial charge in [-0.3, -0.25) is 4.79 Å². The lowest BCUT2D eigenvalue weighted by atomic mass is 9.93. The zero-order chi connectivity index (χ0) is 27.2. The van der Waals surface area contributed by atoms with Gasteiger partial charge in [0.2, 0.25) is 0 Å². The van der Waals surface area contributed by atoms with E-state index in [9.17, 15) is 4.79 Å². The molecule has 7 heteroatoms. The molecule has 1 fully saturated rings. The highest BCUT2D eigenvalue weighted by atomic mass is 16.5. The Morgan fingerprint density at radius 3 is 2.64 bits per heavy atom. The number of benzene rings is 2. The number of unbranched alkanes of at least 4 members (excludes halogenated alkanes) is 1. The summed E-state index contributed by atoms with van der Waals surface area (Å²) in [7, 11) is 3.28. The molecule has 0 radical (unpaired) electrons. The Kier molecular flexibility index (Phi) is 8.57. The molecule has 5 rings (SSSR count). The van der Waals surface area contributed by atoms with Crippen molar-refractivity contribution in [1.29, 1.82) is 0 Å². The highest BCUT2D eigenvalue weighted by Crippen LogP contribution is 2.41. The molecule has 1 amide bonds. The van der Waals surface area contributed by atoms with Gasteiger partial charge < -0.3 is 29.8 Å². The fourth-order valence-corrected chi connectivity index (χ4v) is 5.62. The maximum atomic E-state index is 13.1. The second kappa shape index (κ2) is 12.4. The third kappa shape index (κ3) is 5.98. The fourth-order valence-electron chi connectivity index (χ4n) is 5.62. The van der Waals surface area contributed by atoms with Crippen molar-refractivity contribution < 1.29 is 19.0 Å². The Morgan fingerprint density at radius 2 is 1.87 bits per heavy atom. The number of allylic oxidation sites excluding steroid dienone is 2. The van der Waals surface area contributed by atoms with Gasteiger partial charge in [-0.05, 0) is 85.8 Å². The minimum absolute atomic E-state index is 0.0428. The summed E-state index contributed by atoms with van der Waals surface area (Å²) in [5.41, 5.74) is 5.82. The van der Waals surface area contributed by atoms with Gasteiger partial charge in [0.1, 0.15) is 0 Å². The SMILES string of the molecule is COc1ccc(-c2c(C3=CC=CNC3C)[nH]c3ccc(C(=O)NCCCCC4CCOCC4)cc23)cc1OC. The molecule has 1 aromatic heterocycles. The third-order valence-electron chi connectivity index (χ3n) is 7.87. The summed E-state index contributed by atoms with van der Waals surface area (Å²) in [5.74, 6) is 2.06. The normalized spacial score (nSPS) is 17.5. The van der Waals surface area contributed by atoms with E-state index >= 15 is 0 Å². The van der Waals surface area contributed by atoms with Crippen molar-refractivity contribution in [3.8, 4) is 22.6 Å². The number of hydrogen-bond acceptors (Lipinski definition) is 5. The Bertz CT molecular complexity index is 1370. The van der Waals surface area contributed by atoms with Gasteiger partial charge in [0.05, 0.1) is 26.0 Å². The first-order valence-electron chi connectivity index (χ1n) is 14.0. The molecule has 39 heavy (non-hydrogen) atoms. The number of carbonyl (C=O) groups excluding carboxylic acids is 1. The van der Waals surface area contributed by atoms with Crippen LogP contribution in [0.2, 0.25) is 0 Å². The Morgan fingerprint density at radius 1 is 1.05 bits per heavy atom. The van der Waals surface area contributed by atoms with Crippen LogP contribution in [-0.4, -0.2) is 50.9 Å². The molecule has 3 N–H and O–H groups in total. The third-order valence-corrected chi connectivity index (χ3v) is 7.87. The van der Waals surface area contributed by atoms with Crippen LogP contribution in [0.4, 0.5) is 0 Å². The summed E-state index contributed by atoms with van der Waals surface area (Å²) in [6.45, 7) is 4.60. The van der Waals surface area contributed by atoms with Crippen LogP contribution in [0.15, 0.2) is 54.8 Å². The lowest BCUT2D eigenvalue weighted by Gasteiger charge is -2.21. The van der Waals surface area contributed by atoms with E-state index in [-0.39, 0.29) is 11.9 Å². The van der Waals surface area contributed by atoms with E-state index in [4.69, 9.17) is 14.2 Å². The summed E-state index contributed by atoms with van der Waals surface area (Å²) >= 11 is 0. The molecule has 2 aliphatic heterocycles. The standard InChI is InChI=1S/C32H39N3O4/c1-21-25(8-6-16-33-21)31-30(23-10-12-28(37-2)29(20-23)38-3)26-19-24(9-11-27(26)35-31)32(36)34-15-5-4-7-22-13-17-39-18-14-22/h6,8-12,16,19-22,33,35H,4-5,7,13-15,17-18H2,1-3H3,(H,34,36). The van der Waals surface area contributed by atoms with Gasteiger partial charge in [-0.15, -0.1) is 0 Å². The molecule has 0 aliphatic carbocycles. The van der Waals surface area contributed by atoms with E-state index < -0.39 is 0 Å². The van der Waals surface area contributed by atoms with Crippen molar-refractivity contribution in [2.45, 2.75) is 45.1 Å². The lowest BCUT2D eigenvalue weighted by molar-refractivity contribution is 0.0631. The number of H-pyrrole nitrogens is 1. The van der Waals surface area contributed by atoms with E-state index in [0.29, 0.717) is 23.6 Å². The van der Waals surface area contributed by atoms with Gasteiger partial charge in [-0.1, -0.05) is 25.0 Å². The number of dihydropyridines is 1. The van der Waals surface area contributed by atoms with Crippen molar-refractivity contribution in [3.05, 3.63) is 66.0 Å². The molecule has 0 bridgehead atoms. The van der Waals surface area contributed by atoms with E-state index in [2.05, 4.69) is 28.6 Å². The van der Waals surface area contributed by atoms with Crippen molar-refractivity contribution >= 4 is 22.4 Å². The van der Waals surface area contributed by atoms with Crippen molar-refractivity contribution in [1.82, 2.24) is 15.6 Å². The Hall–Kier alpha value is -3.71. The number of methoxy groups -OCH3 is 2. The van der Waals surface area contributed by atoms with Crippen LogP contribution >= 0.6 is 0 Å². The minimum Gasteiger partial charge on any atom is -0.493 e. The monoisotopic (exact) mass is 529 g/mol. The molecule has 1 unspecified atom stereocenters. The molecule has 3 heterocycles. The van der Waals surface area contributed by atoms with E-state index in [1.807, 2.05) is 48.7 Å². The molecule has 1 atom stereocenters. The molecule has 7 nitrogen and oxygen atoms in total. The number of aromatic nitrogens is 1. The minimum atomic E-state index is -0.0428. The summed E-state index contributed by atoms with van der Waals surface area (Å²) in [6, 6.07) is 12.0. The second-order valence-electron chi connectivity index (χ2n) is 10.4.